The molecule has 0 fully saturated rings. The van der Waals surface area contributed by atoms with Gasteiger partial charge in [0.05, 0.1) is 0 Å². The molecule has 0 saturated heterocycles. The Labute approximate surface area is 78.9 Å². The molecule has 0 bridgehead atoms. The molecule has 14 heavy (non-hydrogen) atoms. The monoisotopic (exact) mass is 199 g/mol. The second kappa shape index (κ2) is 3.15. The lowest BCUT2D eigenvalue weighted by molar-refractivity contribution is -0.143. The summed E-state index contributed by atoms with van der Waals surface area (Å²) >= 11 is 0. The lowest BCUT2D eigenvalue weighted by atomic mass is 10.0. The van der Waals surface area contributed by atoms with Gasteiger partial charge in [-0.25, -0.2) is 9.59 Å². The summed E-state index contributed by atoms with van der Waals surface area (Å²) < 4.78 is 4.77. The fourth-order valence-corrected chi connectivity index (χ4v) is 0.837. The van der Waals surface area contributed by atoms with Crippen molar-refractivity contribution in [2.24, 2.45) is 5.73 Å². The zero-order valence-electron chi connectivity index (χ0n) is 7.35. The average molecular weight is 199 g/mol. The Morgan fingerprint density at radius 3 is 2.36 bits per heavy atom. The van der Waals surface area contributed by atoms with Crippen LogP contribution in [0.5, 0.6) is 0 Å². The number of carboxylic acid groups (broad SMARTS) is 2. The van der Waals surface area contributed by atoms with Crippen molar-refractivity contribution in [3.05, 3.63) is 23.7 Å². The summed E-state index contributed by atoms with van der Waals surface area (Å²) in [6.45, 7) is 1.22. The summed E-state index contributed by atoms with van der Waals surface area (Å²) in [5, 5.41) is 17.2. The predicted molar refractivity (Wildman–Crippen MR) is 44.8 cm³/mol. The number of carbonyl (C=O) groups is 2. The lowest BCUT2D eigenvalue weighted by Crippen LogP contribution is -2.41. The fourth-order valence-electron chi connectivity index (χ4n) is 0.837. The molecule has 1 atom stereocenters. The molecule has 1 aromatic heterocycles. The zero-order chi connectivity index (χ0) is 10.9. The van der Waals surface area contributed by atoms with Crippen LogP contribution in [0.4, 0.5) is 0 Å². The van der Waals surface area contributed by atoms with Gasteiger partial charge in [0, 0.05) is 0 Å². The summed E-state index contributed by atoms with van der Waals surface area (Å²) in [6, 6.07) is 2.39. The number of aromatic carboxylic acids is 1. The van der Waals surface area contributed by atoms with Crippen molar-refractivity contribution >= 4 is 11.9 Å². The highest BCUT2D eigenvalue weighted by Gasteiger charge is 2.34. The highest BCUT2D eigenvalue weighted by atomic mass is 16.4. The van der Waals surface area contributed by atoms with E-state index in [4.69, 9.17) is 20.4 Å². The van der Waals surface area contributed by atoms with Crippen LogP contribution in [0.25, 0.3) is 0 Å². The number of carboxylic acids is 2. The van der Waals surface area contributed by atoms with Crippen LogP contribution < -0.4 is 5.73 Å². The average Bonchev–Trinajstić information content (AvgIpc) is 2.51. The van der Waals surface area contributed by atoms with Crippen molar-refractivity contribution in [3.63, 3.8) is 0 Å². The molecule has 0 amide bonds. The van der Waals surface area contributed by atoms with Crippen LogP contribution in [0.1, 0.15) is 23.2 Å². The minimum atomic E-state index is -1.71. The van der Waals surface area contributed by atoms with Gasteiger partial charge in [0.25, 0.3) is 0 Å². The first kappa shape index (κ1) is 10.3. The minimum absolute atomic E-state index is 0.0950. The number of aliphatic carboxylic acids is 1. The second-order valence-corrected chi connectivity index (χ2v) is 2.98. The van der Waals surface area contributed by atoms with Crippen molar-refractivity contribution < 1.29 is 24.2 Å². The molecule has 0 aliphatic heterocycles. The summed E-state index contributed by atoms with van der Waals surface area (Å²) in [5.41, 5.74) is 3.69. The van der Waals surface area contributed by atoms with E-state index >= 15 is 0 Å². The molecule has 4 N–H and O–H groups in total. The van der Waals surface area contributed by atoms with Crippen molar-refractivity contribution in [1.82, 2.24) is 0 Å². The first-order chi connectivity index (χ1) is 6.35. The summed E-state index contributed by atoms with van der Waals surface area (Å²) in [4.78, 5) is 21.1. The highest BCUT2D eigenvalue weighted by molar-refractivity contribution is 5.85. The molecule has 1 heterocycles. The van der Waals surface area contributed by atoms with Gasteiger partial charge in [0.15, 0.2) is 5.54 Å². The number of nitrogens with two attached hydrogens (primary N) is 1. The number of rotatable bonds is 3. The van der Waals surface area contributed by atoms with Gasteiger partial charge >= 0.3 is 11.9 Å². The van der Waals surface area contributed by atoms with Crippen molar-refractivity contribution in [2.75, 3.05) is 0 Å². The van der Waals surface area contributed by atoms with Gasteiger partial charge in [0.1, 0.15) is 5.76 Å². The Morgan fingerprint density at radius 1 is 1.43 bits per heavy atom. The SMILES string of the molecule is CC(N)(C(=O)O)c1ccc(C(=O)O)o1. The van der Waals surface area contributed by atoms with E-state index in [1.54, 1.807) is 0 Å². The van der Waals surface area contributed by atoms with Crippen molar-refractivity contribution in [3.8, 4) is 0 Å². The molecule has 0 aliphatic rings. The summed E-state index contributed by atoms with van der Waals surface area (Å²) in [6.07, 6.45) is 0. The van der Waals surface area contributed by atoms with Gasteiger partial charge < -0.3 is 20.4 Å². The molecule has 1 rings (SSSR count). The van der Waals surface area contributed by atoms with Crippen LogP contribution in [0.3, 0.4) is 0 Å². The lowest BCUT2D eigenvalue weighted by Gasteiger charge is -2.15. The van der Waals surface area contributed by atoms with Crippen LogP contribution in [-0.4, -0.2) is 22.2 Å². The number of furan rings is 1. The van der Waals surface area contributed by atoms with Gasteiger partial charge in [-0.1, -0.05) is 0 Å². The third-order valence-electron chi connectivity index (χ3n) is 1.77. The molecule has 0 spiro atoms. The Bertz CT molecular complexity index is 379. The second-order valence-electron chi connectivity index (χ2n) is 2.98. The highest BCUT2D eigenvalue weighted by Crippen LogP contribution is 2.20. The van der Waals surface area contributed by atoms with E-state index in [0.29, 0.717) is 0 Å². The molecule has 1 unspecified atom stereocenters. The van der Waals surface area contributed by atoms with E-state index in [1.165, 1.54) is 13.0 Å². The first-order valence-electron chi connectivity index (χ1n) is 3.71. The largest absolute Gasteiger partial charge is 0.480 e. The van der Waals surface area contributed by atoms with E-state index < -0.39 is 17.5 Å². The van der Waals surface area contributed by atoms with Crippen LogP contribution in [0.15, 0.2) is 16.5 Å². The maximum Gasteiger partial charge on any atom is 0.371 e. The smallest absolute Gasteiger partial charge is 0.371 e. The van der Waals surface area contributed by atoms with Gasteiger partial charge in [-0.05, 0) is 19.1 Å². The fraction of sp³-hybridized carbons (Fsp3) is 0.250. The molecular weight excluding hydrogens is 190 g/mol. The van der Waals surface area contributed by atoms with Gasteiger partial charge in [-0.15, -0.1) is 0 Å². The van der Waals surface area contributed by atoms with Gasteiger partial charge in [0.2, 0.25) is 5.76 Å². The molecule has 1 aromatic rings. The molecule has 6 nitrogen and oxygen atoms in total. The zero-order valence-corrected chi connectivity index (χ0v) is 7.35. The molecule has 76 valence electrons. The molecular formula is C8H9NO5. The van der Waals surface area contributed by atoms with E-state index in [0.717, 1.165) is 6.07 Å². The van der Waals surface area contributed by atoms with E-state index in [1.807, 2.05) is 0 Å². The molecule has 0 aliphatic carbocycles. The van der Waals surface area contributed by atoms with Crippen LogP contribution in [0, 0.1) is 0 Å². The van der Waals surface area contributed by atoms with E-state index in [9.17, 15) is 9.59 Å². The Kier molecular flexibility index (Phi) is 2.31. The summed E-state index contributed by atoms with van der Waals surface area (Å²) in [7, 11) is 0. The Hall–Kier alpha value is -1.82. The topological polar surface area (TPSA) is 114 Å². The first-order valence-corrected chi connectivity index (χ1v) is 3.71. The number of hydrogen-bond donors (Lipinski definition) is 3. The minimum Gasteiger partial charge on any atom is -0.480 e. The van der Waals surface area contributed by atoms with E-state index in [-0.39, 0.29) is 11.5 Å². The third kappa shape index (κ3) is 1.60. The number of hydrogen-bond acceptors (Lipinski definition) is 4. The summed E-state index contributed by atoms with van der Waals surface area (Å²) in [5.74, 6) is -2.98. The van der Waals surface area contributed by atoms with Gasteiger partial charge in [-0.2, -0.15) is 0 Å². The molecule has 0 saturated carbocycles. The van der Waals surface area contributed by atoms with Gasteiger partial charge in [-0.3, -0.25) is 0 Å². The maximum atomic E-state index is 10.7. The maximum absolute atomic E-state index is 10.7. The van der Waals surface area contributed by atoms with Crippen LogP contribution >= 0.6 is 0 Å². The predicted octanol–water partition coefficient (Wildman–Crippen LogP) is 0.236. The third-order valence-corrected chi connectivity index (χ3v) is 1.77. The molecule has 0 radical (unpaired) electrons. The van der Waals surface area contributed by atoms with Crippen LogP contribution in [-0.2, 0) is 10.3 Å². The quantitative estimate of drug-likeness (QED) is 0.642. The molecule has 6 heteroatoms. The Morgan fingerprint density at radius 2 is 2.00 bits per heavy atom. The van der Waals surface area contributed by atoms with E-state index in [2.05, 4.69) is 0 Å². The normalized spacial score (nSPS) is 14.7. The Balaban J connectivity index is 3.09. The van der Waals surface area contributed by atoms with Crippen molar-refractivity contribution in [2.45, 2.75) is 12.5 Å². The standard InChI is InChI=1S/C8H9NO5/c1-8(9,7(12)13)5-3-2-4(14-5)6(10)11/h2-3H,9H2,1H3,(H,10,11)(H,12,13). The van der Waals surface area contributed by atoms with Crippen molar-refractivity contribution in [1.29, 1.82) is 0 Å². The molecule has 0 aromatic carbocycles. The van der Waals surface area contributed by atoms with Crippen LogP contribution in [0.2, 0.25) is 0 Å².